The first-order valence-electron chi connectivity index (χ1n) is 10.2. The highest BCUT2D eigenvalue weighted by atomic mass is 16.4. The van der Waals surface area contributed by atoms with Crippen LogP contribution < -0.4 is 33.2 Å². The van der Waals surface area contributed by atoms with Crippen molar-refractivity contribution in [2.24, 2.45) is 29.0 Å². The molecule has 0 aromatic heterocycles. The predicted molar refractivity (Wildman–Crippen MR) is 113 cm³/mol. The number of carboxylic acid groups (broad SMARTS) is 1. The van der Waals surface area contributed by atoms with Gasteiger partial charge in [-0.05, 0) is 11.8 Å². The topological polar surface area (TPSA) is 237 Å². The number of nitrogens with one attached hydrogen (secondary N) is 3. The summed E-state index contributed by atoms with van der Waals surface area (Å²) in [7, 11) is 0. The third-order valence-corrected chi connectivity index (χ3v) is 4.86. The summed E-state index contributed by atoms with van der Waals surface area (Å²) in [4.78, 5) is 71.3. The SMILES string of the molecule is CCC(C)C(N)C(=O)NC(C(=O)NC(CC(N)=O)C(=O)NC(CC(N)=O)C(=O)O)C(C)C. The summed E-state index contributed by atoms with van der Waals surface area (Å²) < 4.78 is 0. The Hall–Kier alpha value is -3.22. The predicted octanol–water partition coefficient (Wildman–Crippen LogP) is -2.69. The van der Waals surface area contributed by atoms with E-state index in [1.54, 1.807) is 20.8 Å². The second kappa shape index (κ2) is 13.2. The number of aliphatic carboxylic acids is 1. The summed E-state index contributed by atoms with van der Waals surface area (Å²) >= 11 is 0. The number of amides is 5. The van der Waals surface area contributed by atoms with E-state index in [2.05, 4.69) is 10.6 Å². The average Bonchev–Trinajstić information content (AvgIpc) is 2.68. The van der Waals surface area contributed by atoms with Gasteiger partial charge in [0.05, 0.1) is 18.9 Å². The lowest BCUT2D eigenvalue weighted by molar-refractivity contribution is -0.144. The summed E-state index contributed by atoms with van der Waals surface area (Å²) in [6, 6.07) is -5.16. The molecule has 10 N–H and O–H groups in total. The quantitative estimate of drug-likeness (QED) is 0.144. The molecular formula is C19H34N6O7. The fourth-order valence-corrected chi connectivity index (χ4v) is 2.64. The van der Waals surface area contributed by atoms with Gasteiger partial charge >= 0.3 is 5.97 Å². The molecule has 0 fully saturated rings. The van der Waals surface area contributed by atoms with Crippen LogP contribution in [0.3, 0.4) is 0 Å². The summed E-state index contributed by atoms with van der Waals surface area (Å²) in [5, 5.41) is 16.0. The van der Waals surface area contributed by atoms with Crippen molar-refractivity contribution in [3.63, 3.8) is 0 Å². The van der Waals surface area contributed by atoms with Crippen molar-refractivity contribution in [1.82, 2.24) is 16.0 Å². The Morgan fingerprint density at radius 2 is 1.25 bits per heavy atom. The fourth-order valence-electron chi connectivity index (χ4n) is 2.64. The minimum Gasteiger partial charge on any atom is -0.480 e. The van der Waals surface area contributed by atoms with Gasteiger partial charge in [0, 0.05) is 0 Å². The van der Waals surface area contributed by atoms with Gasteiger partial charge in [0.2, 0.25) is 29.5 Å². The molecule has 0 spiro atoms. The van der Waals surface area contributed by atoms with Crippen LogP contribution in [0.4, 0.5) is 0 Å². The van der Waals surface area contributed by atoms with Gasteiger partial charge in [-0.15, -0.1) is 0 Å². The van der Waals surface area contributed by atoms with E-state index in [-0.39, 0.29) is 5.92 Å². The number of carbonyl (C=O) groups is 6. The number of rotatable bonds is 14. The lowest BCUT2D eigenvalue weighted by atomic mass is 9.97. The van der Waals surface area contributed by atoms with E-state index in [0.29, 0.717) is 6.42 Å². The molecule has 0 rings (SSSR count). The molecule has 0 saturated heterocycles. The standard InChI is InChI=1S/C19H34N6O7/c1-5-9(4)14(22)17(29)25-15(8(2)3)18(30)23-10(6-12(20)26)16(28)24-11(19(31)32)7-13(21)27/h8-11,14-15H,5-7,22H2,1-4H3,(H2,20,26)(H2,21,27)(H,23,30)(H,24,28)(H,25,29)(H,31,32). The molecule has 0 aliphatic rings. The average molecular weight is 459 g/mol. The Kier molecular flexibility index (Phi) is 11.9. The van der Waals surface area contributed by atoms with Gasteiger partial charge in [0.15, 0.2) is 0 Å². The number of hydrogen-bond acceptors (Lipinski definition) is 7. The van der Waals surface area contributed by atoms with E-state index in [4.69, 9.17) is 22.3 Å². The zero-order chi connectivity index (χ0) is 25.2. The molecule has 182 valence electrons. The largest absolute Gasteiger partial charge is 0.480 e. The third-order valence-electron chi connectivity index (χ3n) is 4.86. The van der Waals surface area contributed by atoms with Crippen molar-refractivity contribution in [2.45, 2.75) is 71.1 Å². The maximum absolute atomic E-state index is 12.8. The van der Waals surface area contributed by atoms with Crippen molar-refractivity contribution in [1.29, 1.82) is 0 Å². The van der Waals surface area contributed by atoms with Crippen LogP contribution in [0.25, 0.3) is 0 Å². The van der Waals surface area contributed by atoms with Crippen LogP contribution in [0.5, 0.6) is 0 Å². The summed E-state index contributed by atoms with van der Waals surface area (Å²) in [6.07, 6.45) is -0.702. The number of carbonyl (C=O) groups excluding carboxylic acids is 5. The second-order valence-corrected chi connectivity index (χ2v) is 7.94. The molecule has 0 bridgehead atoms. The van der Waals surface area contributed by atoms with Gasteiger partial charge < -0.3 is 38.3 Å². The molecule has 0 aliphatic heterocycles. The number of hydrogen-bond donors (Lipinski definition) is 7. The highest BCUT2D eigenvalue weighted by Gasteiger charge is 2.33. The van der Waals surface area contributed by atoms with Crippen LogP contribution >= 0.6 is 0 Å². The van der Waals surface area contributed by atoms with Gasteiger partial charge in [-0.3, -0.25) is 24.0 Å². The van der Waals surface area contributed by atoms with Gasteiger partial charge in [0.25, 0.3) is 0 Å². The maximum Gasteiger partial charge on any atom is 0.326 e. The molecule has 0 radical (unpaired) electrons. The molecule has 0 aliphatic carbocycles. The van der Waals surface area contributed by atoms with Crippen LogP contribution in [-0.2, 0) is 28.8 Å². The van der Waals surface area contributed by atoms with E-state index >= 15 is 0 Å². The van der Waals surface area contributed by atoms with Crippen molar-refractivity contribution >= 4 is 35.5 Å². The number of nitrogens with two attached hydrogens (primary N) is 3. The monoisotopic (exact) mass is 458 g/mol. The van der Waals surface area contributed by atoms with Gasteiger partial charge in [-0.25, -0.2) is 4.79 Å². The Morgan fingerprint density at radius 1 is 0.781 bits per heavy atom. The Labute approximate surface area is 186 Å². The molecule has 0 aromatic rings. The molecule has 13 heteroatoms. The van der Waals surface area contributed by atoms with E-state index < -0.39 is 78.4 Å². The van der Waals surface area contributed by atoms with E-state index in [9.17, 15) is 28.8 Å². The molecule has 32 heavy (non-hydrogen) atoms. The van der Waals surface area contributed by atoms with Crippen molar-refractivity contribution < 1.29 is 33.9 Å². The second-order valence-electron chi connectivity index (χ2n) is 7.94. The third kappa shape index (κ3) is 9.73. The highest BCUT2D eigenvalue weighted by molar-refractivity contribution is 5.96. The number of carboxylic acids is 1. The molecule has 5 atom stereocenters. The first kappa shape index (κ1) is 28.8. The van der Waals surface area contributed by atoms with Gasteiger partial charge in [-0.1, -0.05) is 34.1 Å². The molecule has 5 amide bonds. The molecular weight excluding hydrogens is 424 g/mol. The van der Waals surface area contributed by atoms with Crippen LogP contribution in [0.2, 0.25) is 0 Å². The minimum atomic E-state index is -1.67. The van der Waals surface area contributed by atoms with Crippen molar-refractivity contribution in [3.8, 4) is 0 Å². The number of primary amides is 2. The van der Waals surface area contributed by atoms with E-state index in [0.717, 1.165) is 0 Å². The normalized spacial score (nSPS) is 15.6. The molecule has 13 nitrogen and oxygen atoms in total. The van der Waals surface area contributed by atoms with Crippen molar-refractivity contribution in [2.75, 3.05) is 0 Å². The Balaban J connectivity index is 5.51. The van der Waals surface area contributed by atoms with Crippen LogP contribution in [0.15, 0.2) is 0 Å². The summed E-state index contributed by atoms with van der Waals surface area (Å²) in [6.45, 7) is 6.94. The maximum atomic E-state index is 12.8. The van der Waals surface area contributed by atoms with Crippen molar-refractivity contribution in [3.05, 3.63) is 0 Å². The van der Waals surface area contributed by atoms with Crippen LogP contribution in [-0.4, -0.2) is 64.8 Å². The molecule has 0 aromatic carbocycles. The Morgan fingerprint density at radius 3 is 1.66 bits per heavy atom. The zero-order valence-corrected chi connectivity index (χ0v) is 18.7. The lowest BCUT2D eigenvalue weighted by Crippen LogP contribution is -2.59. The summed E-state index contributed by atoms with van der Waals surface area (Å²) in [5.74, 6) is -6.43. The minimum absolute atomic E-state index is 0.141. The first-order chi connectivity index (χ1) is 14.7. The van der Waals surface area contributed by atoms with Gasteiger partial charge in [-0.2, -0.15) is 0 Å². The fraction of sp³-hybridized carbons (Fsp3) is 0.684. The highest BCUT2D eigenvalue weighted by Crippen LogP contribution is 2.09. The zero-order valence-electron chi connectivity index (χ0n) is 18.7. The van der Waals surface area contributed by atoms with E-state index in [1.165, 1.54) is 0 Å². The molecule has 0 saturated carbocycles. The van der Waals surface area contributed by atoms with Crippen LogP contribution in [0.1, 0.15) is 47.0 Å². The van der Waals surface area contributed by atoms with Crippen LogP contribution in [0, 0.1) is 11.8 Å². The summed E-state index contributed by atoms with van der Waals surface area (Å²) in [5.41, 5.74) is 16.0. The first-order valence-corrected chi connectivity index (χ1v) is 10.2. The Bertz CT molecular complexity index is 727. The molecule has 0 heterocycles. The van der Waals surface area contributed by atoms with Gasteiger partial charge in [0.1, 0.15) is 18.1 Å². The molecule has 5 unspecified atom stereocenters. The van der Waals surface area contributed by atoms with E-state index in [1.807, 2.05) is 12.2 Å². The smallest absolute Gasteiger partial charge is 0.326 e. The lowest BCUT2D eigenvalue weighted by Gasteiger charge is -2.27.